The number of rotatable bonds is 2. The summed E-state index contributed by atoms with van der Waals surface area (Å²) in [4.78, 5) is 15.2. The molecule has 0 atom stereocenters. The van der Waals surface area contributed by atoms with Gasteiger partial charge in [0.1, 0.15) is 5.65 Å². The lowest BCUT2D eigenvalue weighted by Gasteiger charge is -2.04. The topological polar surface area (TPSA) is 55.6 Å². The Labute approximate surface area is 86.7 Å². The third-order valence-electron chi connectivity index (χ3n) is 1.92. The number of hydrogen-bond acceptors (Lipinski definition) is 3. The molecular weight excluding hydrogens is 194 g/mol. The maximum absolute atomic E-state index is 11.1. The average molecular weight is 205 g/mol. The van der Waals surface area contributed by atoms with Gasteiger partial charge in [0.25, 0.3) is 0 Å². The van der Waals surface area contributed by atoms with Crippen molar-refractivity contribution in [1.82, 2.24) is 9.38 Å². The van der Waals surface area contributed by atoms with Crippen LogP contribution >= 0.6 is 0 Å². The summed E-state index contributed by atoms with van der Waals surface area (Å²) in [5, 5.41) is 2.61. The van der Waals surface area contributed by atoms with Gasteiger partial charge in [-0.2, -0.15) is 0 Å². The van der Waals surface area contributed by atoms with Gasteiger partial charge in [-0.15, -0.1) is 0 Å². The van der Waals surface area contributed by atoms with Gasteiger partial charge in [0.2, 0.25) is 0 Å². The maximum Gasteiger partial charge on any atom is 0.411 e. The van der Waals surface area contributed by atoms with E-state index in [9.17, 15) is 4.79 Å². The van der Waals surface area contributed by atoms with Crippen LogP contribution in [0.15, 0.2) is 30.7 Å². The number of nitrogens with zero attached hydrogens (tertiary/aromatic N) is 2. The maximum atomic E-state index is 11.1. The Bertz CT molecular complexity index is 478. The molecule has 0 bridgehead atoms. The minimum atomic E-state index is -0.451. The van der Waals surface area contributed by atoms with Crippen LogP contribution < -0.4 is 5.32 Å². The summed E-state index contributed by atoms with van der Waals surface area (Å²) in [6, 6.07) is 3.56. The van der Waals surface area contributed by atoms with Crippen LogP contribution in [0.5, 0.6) is 0 Å². The summed E-state index contributed by atoms with van der Waals surface area (Å²) in [7, 11) is 0. The van der Waals surface area contributed by atoms with Crippen molar-refractivity contribution in [3.05, 3.63) is 30.7 Å². The van der Waals surface area contributed by atoms with E-state index >= 15 is 0 Å². The second-order valence-corrected chi connectivity index (χ2v) is 2.95. The predicted molar refractivity (Wildman–Crippen MR) is 55.8 cm³/mol. The molecule has 0 aliphatic carbocycles. The lowest BCUT2D eigenvalue weighted by atomic mass is 10.4. The van der Waals surface area contributed by atoms with Gasteiger partial charge in [0, 0.05) is 30.3 Å². The summed E-state index contributed by atoms with van der Waals surface area (Å²) in [5.74, 6) is 0. The number of imidazole rings is 1. The first-order chi connectivity index (χ1) is 7.29. The largest absolute Gasteiger partial charge is 0.450 e. The number of nitrogens with one attached hydrogen (secondary N) is 1. The molecule has 78 valence electrons. The lowest BCUT2D eigenvalue weighted by molar-refractivity contribution is 0.168. The third kappa shape index (κ3) is 2.07. The van der Waals surface area contributed by atoms with Crippen molar-refractivity contribution in [2.24, 2.45) is 0 Å². The molecule has 0 aliphatic rings. The zero-order valence-electron chi connectivity index (χ0n) is 8.30. The molecule has 5 nitrogen and oxygen atoms in total. The number of fused-ring (bicyclic) bond motifs is 1. The van der Waals surface area contributed by atoms with E-state index < -0.39 is 6.09 Å². The monoisotopic (exact) mass is 205 g/mol. The highest BCUT2D eigenvalue weighted by atomic mass is 16.5. The second kappa shape index (κ2) is 4.00. The summed E-state index contributed by atoms with van der Waals surface area (Å²) in [6.07, 6.45) is 4.91. The molecule has 0 fully saturated rings. The van der Waals surface area contributed by atoms with E-state index in [1.807, 2.05) is 16.8 Å². The van der Waals surface area contributed by atoms with Crippen LogP contribution in [0.2, 0.25) is 0 Å². The van der Waals surface area contributed by atoms with Crippen LogP contribution in [0.3, 0.4) is 0 Å². The van der Waals surface area contributed by atoms with E-state index in [2.05, 4.69) is 10.3 Å². The van der Waals surface area contributed by atoms with E-state index in [0.717, 1.165) is 5.65 Å². The molecule has 0 spiro atoms. The van der Waals surface area contributed by atoms with Gasteiger partial charge in [-0.3, -0.25) is 5.32 Å². The minimum Gasteiger partial charge on any atom is -0.450 e. The Balaban J connectivity index is 2.17. The number of amides is 1. The van der Waals surface area contributed by atoms with Crippen molar-refractivity contribution in [2.75, 3.05) is 11.9 Å². The molecule has 2 aromatic rings. The van der Waals surface area contributed by atoms with Crippen LogP contribution in [0.25, 0.3) is 5.65 Å². The van der Waals surface area contributed by atoms with Crippen LogP contribution in [0.4, 0.5) is 10.5 Å². The summed E-state index contributed by atoms with van der Waals surface area (Å²) >= 11 is 0. The Morgan fingerprint density at radius 3 is 3.27 bits per heavy atom. The summed E-state index contributed by atoms with van der Waals surface area (Å²) < 4.78 is 6.62. The van der Waals surface area contributed by atoms with E-state index in [-0.39, 0.29) is 0 Å². The van der Waals surface area contributed by atoms with Gasteiger partial charge < -0.3 is 9.14 Å². The first-order valence-corrected chi connectivity index (χ1v) is 4.66. The Morgan fingerprint density at radius 2 is 2.47 bits per heavy atom. The zero-order valence-corrected chi connectivity index (χ0v) is 8.30. The molecule has 2 aromatic heterocycles. The fourth-order valence-corrected chi connectivity index (χ4v) is 1.27. The molecule has 0 radical (unpaired) electrons. The SMILES string of the molecule is CCOC(=O)Nc1ccn2ccnc2c1. The highest BCUT2D eigenvalue weighted by Gasteiger charge is 2.02. The molecule has 1 N–H and O–H groups in total. The van der Waals surface area contributed by atoms with Crippen molar-refractivity contribution in [1.29, 1.82) is 0 Å². The van der Waals surface area contributed by atoms with E-state index in [1.165, 1.54) is 0 Å². The van der Waals surface area contributed by atoms with Gasteiger partial charge in [-0.05, 0) is 13.0 Å². The van der Waals surface area contributed by atoms with Gasteiger partial charge in [0.15, 0.2) is 0 Å². The fourth-order valence-electron chi connectivity index (χ4n) is 1.27. The fraction of sp³-hybridized carbons (Fsp3) is 0.200. The van der Waals surface area contributed by atoms with Crippen molar-refractivity contribution in [3.8, 4) is 0 Å². The highest BCUT2D eigenvalue weighted by Crippen LogP contribution is 2.10. The van der Waals surface area contributed by atoms with Crippen LogP contribution in [-0.2, 0) is 4.74 Å². The number of carbonyl (C=O) groups excluding carboxylic acids is 1. The van der Waals surface area contributed by atoms with Crippen molar-refractivity contribution >= 4 is 17.4 Å². The summed E-state index contributed by atoms with van der Waals surface area (Å²) in [5.41, 5.74) is 1.46. The quantitative estimate of drug-likeness (QED) is 0.814. The second-order valence-electron chi connectivity index (χ2n) is 2.95. The molecule has 1 amide bonds. The number of aromatic nitrogens is 2. The van der Waals surface area contributed by atoms with Crippen LogP contribution in [0, 0.1) is 0 Å². The number of carbonyl (C=O) groups is 1. The van der Waals surface area contributed by atoms with Crippen LogP contribution in [0.1, 0.15) is 6.92 Å². The molecule has 0 saturated heterocycles. The molecule has 2 rings (SSSR count). The molecule has 0 aromatic carbocycles. The van der Waals surface area contributed by atoms with E-state index in [0.29, 0.717) is 12.3 Å². The van der Waals surface area contributed by atoms with Crippen molar-refractivity contribution < 1.29 is 9.53 Å². The number of anilines is 1. The Morgan fingerprint density at radius 1 is 1.60 bits per heavy atom. The molecule has 0 saturated carbocycles. The Hall–Kier alpha value is -2.04. The normalized spacial score (nSPS) is 10.2. The number of pyridine rings is 1. The smallest absolute Gasteiger partial charge is 0.411 e. The van der Waals surface area contributed by atoms with E-state index in [4.69, 9.17) is 4.74 Å². The molecule has 5 heteroatoms. The molecule has 0 aliphatic heterocycles. The highest BCUT2D eigenvalue weighted by molar-refractivity contribution is 5.85. The first-order valence-electron chi connectivity index (χ1n) is 4.66. The molecular formula is C10H11N3O2. The zero-order chi connectivity index (χ0) is 10.7. The van der Waals surface area contributed by atoms with Gasteiger partial charge in [-0.25, -0.2) is 9.78 Å². The van der Waals surface area contributed by atoms with E-state index in [1.54, 1.807) is 25.3 Å². The minimum absolute atomic E-state index is 0.359. The average Bonchev–Trinajstić information content (AvgIpc) is 2.65. The molecule has 2 heterocycles. The standard InChI is InChI=1S/C10H11N3O2/c1-2-15-10(14)12-8-3-5-13-6-4-11-9(13)7-8/h3-7H,2H2,1H3,(H,12,14). The van der Waals surface area contributed by atoms with Gasteiger partial charge in [-0.1, -0.05) is 0 Å². The third-order valence-corrected chi connectivity index (χ3v) is 1.92. The predicted octanol–water partition coefficient (Wildman–Crippen LogP) is 1.90. The van der Waals surface area contributed by atoms with Crippen LogP contribution in [-0.4, -0.2) is 22.1 Å². The number of hydrogen-bond donors (Lipinski definition) is 1. The van der Waals surface area contributed by atoms with Crippen molar-refractivity contribution in [2.45, 2.75) is 6.92 Å². The van der Waals surface area contributed by atoms with Gasteiger partial charge >= 0.3 is 6.09 Å². The Kier molecular flexibility index (Phi) is 2.53. The molecule has 0 unspecified atom stereocenters. The lowest BCUT2D eigenvalue weighted by Crippen LogP contribution is -2.13. The van der Waals surface area contributed by atoms with Crippen molar-refractivity contribution in [3.63, 3.8) is 0 Å². The van der Waals surface area contributed by atoms with Gasteiger partial charge in [0.05, 0.1) is 6.61 Å². The summed E-state index contributed by atoms with van der Waals surface area (Å²) in [6.45, 7) is 2.12. The number of ether oxygens (including phenoxy) is 1. The first kappa shape index (κ1) is 9.51. The molecule has 15 heavy (non-hydrogen) atoms.